The van der Waals surface area contributed by atoms with Crippen molar-refractivity contribution < 1.29 is 14.3 Å². The first-order valence-corrected chi connectivity index (χ1v) is 10.8. The van der Waals surface area contributed by atoms with Gasteiger partial charge in [0, 0.05) is 5.69 Å². The van der Waals surface area contributed by atoms with Gasteiger partial charge in [0.05, 0.1) is 35.3 Å². The number of amides is 1. The van der Waals surface area contributed by atoms with Gasteiger partial charge >= 0.3 is 5.97 Å². The highest BCUT2D eigenvalue weighted by Crippen LogP contribution is 2.42. The molecule has 1 amide bonds. The molecule has 0 radical (unpaired) electrons. The first-order valence-electron chi connectivity index (χ1n) is 10.8. The Morgan fingerprint density at radius 2 is 1.68 bits per heavy atom. The number of hydrazone groups is 1. The molecule has 0 bridgehead atoms. The number of nitriles is 1. The number of anilines is 1. The number of aryl methyl sites for hydroxylation is 1. The third-order valence-electron chi connectivity index (χ3n) is 5.92. The van der Waals surface area contributed by atoms with Gasteiger partial charge in [-0.05, 0) is 45.0 Å². The van der Waals surface area contributed by atoms with E-state index in [2.05, 4.69) is 10.2 Å². The molecule has 0 fully saturated rings. The number of nitrogens with zero attached hydrogens (tertiary/aromatic N) is 4. The van der Waals surface area contributed by atoms with Gasteiger partial charge in [-0.15, -0.1) is 0 Å². The van der Waals surface area contributed by atoms with Crippen molar-refractivity contribution in [2.24, 2.45) is 11.0 Å². The van der Waals surface area contributed by atoms with E-state index in [1.54, 1.807) is 75.4 Å². The van der Waals surface area contributed by atoms with Gasteiger partial charge < -0.3 is 4.74 Å². The molecule has 0 unspecified atom stereocenters. The molecular weight excluding hydrogens is 434 g/mol. The molecular formula is C25H23N5O4. The number of H-pyrrole nitrogens is 1. The Morgan fingerprint density at radius 1 is 1.09 bits per heavy atom. The molecule has 9 nitrogen and oxygen atoms in total. The number of aromatic amines is 1. The minimum absolute atomic E-state index is 0.0133. The highest BCUT2D eigenvalue weighted by Gasteiger charge is 2.62. The summed E-state index contributed by atoms with van der Waals surface area (Å²) < 4.78 is 6.45. The third-order valence-corrected chi connectivity index (χ3v) is 5.92. The van der Waals surface area contributed by atoms with E-state index in [4.69, 9.17) is 4.74 Å². The van der Waals surface area contributed by atoms with Crippen molar-refractivity contribution in [2.45, 2.75) is 26.2 Å². The Morgan fingerprint density at radius 3 is 2.24 bits per heavy atom. The van der Waals surface area contributed by atoms with Crippen molar-refractivity contribution >= 4 is 23.3 Å². The lowest BCUT2D eigenvalue weighted by Gasteiger charge is -2.30. The maximum absolute atomic E-state index is 14.1. The molecule has 34 heavy (non-hydrogen) atoms. The average Bonchev–Trinajstić information content (AvgIpc) is 3.28. The second-order valence-corrected chi connectivity index (χ2v) is 7.85. The summed E-state index contributed by atoms with van der Waals surface area (Å²) in [5, 5.41) is 18.7. The number of hydrogen-bond acceptors (Lipinski definition) is 6. The summed E-state index contributed by atoms with van der Waals surface area (Å²) in [6, 6.07) is 19.4. The number of carbonyl (C=O) groups excluding carboxylic acids is 2. The van der Waals surface area contributed by atoms with Crippen LogP contribution in [0.1, 0.15) is 25.1 Å². The smallest absolute Gasteiger partial charge is 0.325 e. The second kappa shape index (κ2) is 8.83. The maximum atomic E-state index is 14.1. The van der Waals surface area contributed by atoms with E-state index in [-0.39, 0.29) is 17.9 Å². The average molecular weight is 457 g/mol. The molecule has 0 spiro atoms. The second-order valence-electron chi connectivity index (χ2n) is 7.85. The molecule has 0 aliphatic carbocycles. The number of nitrogens with one attached hydrogen (secondary N) is 1. The number of rotatable bonds is 6. The summed E-state index contributed by atoms with van der Waals surface area (Å²) in [6.45, 7) is 4.79. The molecule has 0 saturated carbocycles. The quantitative estimate of drug-likeness (QED) is 0.571. The molecule has 1 aliphatic rings. The minimum atomic E-state index is -1.96. The number of para-hydroxylation sites is 2. The zero-order valence-corrected chi connectivity index (χ0v) is 19.0. The van der Waals surface area contributed by atoms with E-state index in [9.17, 15) is 19.6 Å². The summed E-state index contributed by atoms with van der Waals surface area (Å²) >= 11 is 0. The van der Waals surface area contributed by atoms with E-state index < -0.39 is 28.8 Å². The van der Waals surface area contributed by atoms with Gasteiger partial charge in [0.1, 0.15) is 5.41 Å². The van der Waals surface area contributed by atoms with Crippen LogP contribution in [0, 0.1) is 24.2 Å². The van der Waals surface area contributed by atoms with Crippen LogP contribution in [0.2, 0.25) is 0 Å². The van der Waals surface area contributed by atoms with Gasteiger partial charge in [-0.2, -0.15) is 15.4 Å². The lowest BCUT2D eigenvalue weighted by atomic mass is 9.67. The maximum Gasteiger partial charge on any atom is 0.325 e. The van der Waals surface area contributed by atoms with Crippen molar-refractivity contribution in [1.29, 1.82) is 5.26 Å². The minimum Gasteiger partial charge on any atom is -0.465 e. The lowest BCUT2D eigenvalue weighted by molar-refractivity contribution is -0.149. The normalized spacial score (nSPS) is 18.4. The summed E-state index contributed by atoms with van der Waals surface area (Å²) in [5.74, 6) is -3.19. The zero-order chi connectivity index (χ0) is 24.5. The van der Waals surface area contributed by atoms with Gasteiger partial charge in [0.2, 0.25) is 0 Å². The van der Waals surface area contributed by atoms with Crippen LogP contribution in [0.3, 0.4) is 0 Å². The van der Waals surface area contributed by atoms with Crippen LogP contribution in [0.25, 0.3) is 5.69 Å². The highest BCUT2D eigenvalue weighted by molar-refractivity contribution is 6.25. The standard InChI is InChI=1S/C25H23N5O4/c1-4-34-23(32)20(15-26)25(17(3)28-30(24(25)33)19-13-9-6-10-14-19)21-16(2)27-29(22(21)31)18-11-7-5-8-12-18/h5-14,20,27H,4H2,1-3H3/t20-,25+/m0/s1. The van der Waals surface area contributed by atoms with Crippen molar-refractivity contribution in [3.05, 3.63) is 82.3 Å². The van der Waals surface area contributed by atoms with Crippen LogP contribution in [0.4, 0.5) is 5.69 Å². The molecule has 2 atom stereocenters. The Hall–Kier alpha value is -4.45. The van der Waals surface area contributed by atoms with Gasteiger partial charge in [-0.3, -0.25) is 19.5 Å². The molecule has 1 aromatic heterocycles. The molecule has 0 saturated heterocycles. The number of benzene rings is 2. The van der Waals surface area contributed by atoms with Gasteiger partial charge in [-0.1, -0.05) is 36.4 Å². The fourth-order valence-electron chi connectivity index (χ4n) is 4.43. The topological polar surface area (TPSA) is 121 Å². The van der Waals surface area contributed by atoms with Crippen LogP contribution in [0.5, 0.6) is 0 Å². The van der Waals surface area contributed by atoms with Crippen LogP contribution >= 0.6 is 0 Å². The number of hydrogen-bond donors (Lipinski definition) is 1. The van der Waals surface area contributed by atoms with E-state index in [1.165, 1.54) is 4.68 Å². The van der Waals surface area contributed by atoms with Crippen LogP contribution in [-0.2, 0) is 19.7 Å². The van der Waals surface area contributed by atoms with Crippen molar-refractivity contribution in [1.82, 2.24) is 9.78 Å². The SMILES string of the molecule is CCOC(=O)[C@H](C#N)[C@]1(c2c(C)[nH]n(-c3ccccc3)c2=O)C(=O)N(c2ccccc2)N=C1C. The van der Waals surface area contributed by atoms with Crippen LogP contribution in [-0.4, -0.2) is 34.0 Å². The van der Waals surface area contributed by atoms with Crippen molar-refractivity contribution in [3.63, 3.8) is 0 Å². The largest absolute Gasteiger partial charge is 0.465 e. The van der Waals surface area contributed by atoms with Gasteiger partial charge in [-0.25, -0.2) is 4.68 Å². The zero-order valence-electron chi connectivity index (χ0n) is 19.0. The van der Waals surface area contributed by atoms with E-state index in [0.29, 0.717) is 17.1 Å². The Kier molecular flexibility index (Phi) is 5.90. The van der Waals surface area contributed by atoms with E-state index in [1.807, 2.05) is 12.1 Å². The molecule has 2 heterocycles. The highest BCUT2D eigenvalue weighted by atomic mass is 16.5. The molecule has 1 N–H and O–H groups in total. The number of aromatic nitrogens is 2. The lowest BCUT2D eigenvalue weighted by Crippen LogP contribution is -2.54. The predicted molar refractivity (Wildman–Crippen MR) is 126 cm³/mol. The number of ether oxygens (including phenoxy) is 1. The number of carbonyl (C=O) groups is 2. The Labute approximate surface area is 195 Å². The Bertz CT molecular complexity index is 1370. The van der Waals surface area contributed by atoms with Crippen LogP contribution < -0.4 is 10.6 Å². The molecule has 9 heteroatoms. The molecule has 172 valence electrons. The first kappa shape index (κ1) is 22.7. The van der Waals surface area contributed by atoms with Crippen molar-refractivity contribution in [2.75, 3.05) is 11.6 Å². The Balaban J connectivity index is 2.00. The van der Waals surface area contributed by atoms with Crippen LogP contribution in [0.15, 0.2) is 70.6 Å². The predicted octanol–water partition coefficient (Wildman–Crippen LogP) is 2.84. The summed E-state index contributed by atoms with van der Waals surface area (Å²) in [7, 11) is 0. The van der Waals surface area contributed by atoms with Gasteiger partial charge in [0.25, 0.3) is 11.5 Å². The van der Waals surface area contributed by atoms with Gasteiger partial charge in [0.15, 0.2) is 5.92 Å². The van der Waals surface area contributed by atoms with Crippen molar-refractivity contribution in [3.8, 4) is 11.8 Å². The summed E-state index contributed by atoms with van der Waals surface area (Å²) in [6.07, 6.45) is 0. The first-order chi connectivity index (χ1) is 16.4. The fraction of sp³-hybridized carbons (Fsp3) is 0.240. The fourth-order valence-corrected chi connectivity index (χ4v) is 4.43. The molecule has 2 aromatic carbocycles. The third kappa shape index (κ3) is 3.31. The molecule has 3 aromatic rings. The number of esters is 1. The molecule has 4 rings (SSSR count). The molecule has 1 aliphatic heterocycles. The monoisotopic (exact) mass is 457 g/mol. The van der Waals surface area contributed by atoms with E-state index >= 15 is 0 Å². The summed E-state index contributed by atoms with van der Waals surface area (Å²) in [5.41, 5.74) is -1.04. The van der Waals surface area contributed by atoms with E-state index in [0.717, 1.165) is 5.01 Å². The summed E-state index contributed by atoms with van der Waals surface area (Å²) in [4.78, 5) is 40.8.